The summed E-state index contributed by atoms with van der Waals surface area (Å²) >= 11 is 0. The summed E-state index contributed by atoms with van der Waals surface area (Å²) in [5.41, 5.74) is 5.74. The second kappa shape index (κ2) is 3.73. The first kappa shape index (κ1) is 11.9. The summed E-state index contributed by atoms with van der Waals surface area (Å²) in [5, 5.41) is 0. The van der Waals surface area contributed by atoms with Gasteiger partial charge in [0.15, 0.2) is 0 Å². The molecule has 3 nitrogen and oxygen atoms in total. The maximum Gasteiger partial charge on any atom is 0.309 e. The van der Waals surface area contributed by atoms with Crippen LogP contribution in [0.1, 0.15) is 46.5 Å². The molecule has 2 aliphatic carbocycles. The lowest BCUT2D eigenvalue weighted by atomic mass is 9.48. The second-order valence-corrected chi connectivity index (χ2v) is 6.65. The Morgan fingerprint density at radius 3 is 2.31 bits per heavy atom. The molecule has 0 radical (unpaired) electrons. The van der Waals surface area contributed by atoms with Crippen LogP contribution in [0.2, 0.25) is 0 Å². The van der Waals surface area contributed by atoms with Crippen LogP contribution in [0.5, 0.6) is 0 Å². The number of rotatable bonds is 2. The minimum atomic E-state index is -0.348. The summed E-state index contributed by atoms with van der Waals surface area (Å²) in [7, 11) is 0. The summed E-state index contributed by atoms with van der Waals surface area (Å²) in [5.74, 6) is 0.854. The Labute approximate surface area is 97.7 Å². The number of esters is 1. The van der Waals surface area contributed by atoms with E-state index in [2.05, 4.69) is 0 Å². The average Bonchev–Trinajstić information content (AvgIpc) is 1.95. The van der Waals surface area contributed by atoms with Crippen LogP contribution >= 0.6 is 0 Å². The molecule has 16 heavy (non-hydrogen) atoms. The van der Waals surface area contributed by atoms with Crippen molar-refractivity contribution in [3.63, 3.8) is 0 Å². The first-order valence-corrected chi connectivity index (χ1v) is 6.26. The molecular weight excluding hydrogens is 202 g/mol. The summed E-state index contributed by atoms with van der Waals surface area (Å²) in [6.07, 6.45) is 4.50. The van der Waals surface area contributed by atoms with Gasteiger partial charge in [-0.05, 0) is 64.3 Å². The van der Waals surface area contributed by atoms with Crippen molar-refractivity contribution < 1.29 is 9.53 Å². The highest BCUT2D eigenvalue weighted by molar-refractivity contribution is 5.74. The summed E-state index contributed by atoms with van der Waals surface area (Å²) < 4.78 is 5.39. The molecule has 92 valence electrons. The van der Waals surface area contributed by atoms with Gasteiger partial charge in [-0.1, -0.05) is 0 Å². The molecule has 0 aromatic heterocycles. The van der Waals surface area contributed by atoms with Gasteiger partial charge in [0.1, 0.15) is 5.60 Å². The lowest BCUT2D eigenvalue weighted by Gasteiger charge is -2.57. The number of nitrogens with two attached hydrogens (primary N) is 1. The van der Waals surface area contributed by atoms with Crippen LogP contribution in [0.25, 0.3) is 0 Å². The van der Waals surface area contributed by atoms with Gasteiger partial charge in [0.2, 0.25) is 0 Å². The van der Waals surface area contributed by atoms with Crippen molar-refractivity contribution in [2.45, 2.75) is 52.1 Å². The highest BCUT2D eigenvalue weighted by Gasteiger charge is 2.54. The monoisotopic (exact) mass is 225 g/mol. The van der Waals surface area contributed by atoms with E-state index < -0.39 is 0 Å². The molecule has 0 atom stereocenters. The van der Waals surface area contributed by atoms with Gasteiger partial charge in [-0.25, -0.2) is 0 Å². The largest absolute Gasteiger partial charge is 0.460 e. The summed E-state index contributed by atoms with van der Waals surface area (Å²) in [4.78, 5) is 11.8. The predicted octanol–water partition coefficient (Wildman–Crippen LogP) is 2.09. The third-order valence-corrected chi connectivity index (χ3v) is 3.88. The van der Waals surface area contributed by atoms with Crippen molar-refractivity contribution >= 4 is 5.97 Å². The van der Waals surface area contributed by atoms with Crippen LogP contribution in [0, 0.1) is 17.3 Å². The lowest BCUT2D eigenvalue weighted by molar-refractivity contribution is -0.175. The lowest BCUT2D eigenvalue weighted by Crippen LogP contribution is -2.52. The molecule has 1 spiro atoms. The minimum Gasteiger partial charge on any atom is -0.460 e. The minimum absolute atomic E-state index is 0.00526. The van der Waals surface area contributed by atoms with Crippen LogP contribution in [0.3, 0.4) is 0 Å². The van der Waals surface area contributed by atoms with Crippen molar-refractivity contribution in [2.75, 3.05) is 6.54 Å². The maximum atomic E-state index is 11.8. The van der Waals surface area contributed by atoms with Gasteiger partial charge in [-0.2, -0.15) is 0 Å². The molecular formula is C13H23NO2. The predicted molar refractivity (Wildman–Crippen MR) is 62.8 cm³/mol. The van der Waals surface area contributed by atoms with Gasteiger partial charge in [0.05, 0.1) is 5.92 Å². The molecule has 0 saturated heterocycles. The van der Waals surface area contributed by atoms with Crippen molar-refractivity contribution in [3.8, 4) is 0 Å². The zero-order chi connectivity index (χ0) is 12.0. The van der Waals surface area contributed by atoms with Crippen molar-refractivity contribution in [1.82, 2.24) is 0 Å². The third-order valence-electron chi connectivity index (χ3n) is 3.88. The van der Waals surface area contributed by atoms with Crippen LogP contribution in [-0.2, 0) is 9.53 Å². The fourth-order valence-corrected chi connectivity index (χ4v) is 3.20. The van der Waals surface area contributed by atoms with Crippen LogP contribution in [0.15, 0.2) is 0 Å². The zero-order valence-electron chi connectivity index (χ0n) is 10.6. The molecule has 2 rings (SSSR count). The Morgan fingerprint density at radius 2 is 1.88 bits per heavy atom. The number of hydrogen-bond donors (Lipinski definition) is 1. The van der Waals surface area contributed by atoms with E-state index in [0.29, 0.717) is 11.3 Å². The molecule has 2 N–H and O–H groups in total. The van der Waals surface area contributed by atoms with Gasteiger partial charge in [0, 0.05) is 0 Å². The Balaban J connectivity index is 1.75. The number of carbonyl (C=O) groups excluding carboxylic acids is 1. The smallest absolute Gasteiger partial charge is 0.309 e. The van der Waals surface area contributed by atoms with E-state index in [9.17, 15) is 4.79 Å². The summed E-state index contributed by atoms with van der Waals surface area (Å²) in [6.45, 7) is 6.58. The molecule has 0 amide bonds. The van der Waals surface area contributed by atoms with E-state index in [1.54, 1.807) is 0 Å². The second-order valence-electron chi connectivity index (χ2n) is 6.65. The fourth-order valence-electron chi connectivity index (χ4n) is 3.20. The molecule has 2 saturated carbocycles. The molecule has 3 heteroatoms. The fraction of sp³-hybridized carbons (Fsp3) is 0.923. The Bertz CT molecular complexity index is 279. The third kappa shape index (κ3) is 2.24. The van der Waals surface area contributed by atoms with E-state index in [0.717, 1.165) is 19.4 Å². The van der Waals surface area contributed by atoms with Gasteiger partial charge in [-0.3, -0.25) is 4.79 Å². The molecule has 0 aliphatic heterocycles. The Hall–Kier alpha value is -0.570. The SMILES string of the molecule is CC(C)(C)OC(=O)C1CC2(CC(CN)C2)C1. The van der Waals surface area contributed by atoms with Gasteiger partial charge in [-0.15, -0.1) is 0 Å². The molecule has 0 heterocycles. The van der Waals surface area contributed by atoms with Crippen molar-refractivity contribution in [3.05, 3.63) is 0 Å². The Morgan fingerprint density at radius 1 is 1.31 bits per heavy atom. The van der Waals surface area contributed by atoms with E-state index in [1.165, 1.54) is 12.8 Å². The first-order valence-electron chi connectivity index (χ1n) is 6.26. The number of carbonyl (C=O) groups is 1. The standard InChI is InChI=1S/C13H23NO2/c1-12(2,3)16-11(15)10-6-13(7-10)4-9(5-13)8-14/h9-10H,4-8,14H2,1-3H3. The topological polar surface area (TPSA) is 52.3 Å². The van der Waals surface area contributed by atoms with Crippen LogP contribution in [0.4, 0.5) is 0 Å². The van der Waals surface area contributed by atoms with E-state index in [-0.39, 0.29) is 17.5 Å². The maximum absolute atomic E-state index is 11.8. The van der Waals surface area contributed by atoms with E-state index in [4.69, 9.17) is 10.5 Å². The Kier molecular flexibility index (Phi) is 2.77. The van der Waals surface area contributed by atoms with Gasteiger partial charge < -0.3 is 10.5 Å². The molecule has 0 bridgehead atoms. The quantitative estimate of drug-likeness (QED) is 0.732. The highest BCUT2D eigenvalue weighted by atomic mass is 16.6. The average molecular weight is 225 g/mol. The van der Waals surface area contributed by atoms with Crippen molar-refractivity contribution in [2.24, 2.45) is 23.0 Å². The molecule has 0 aromatic rings. The van der Waals surface area contributed by atoms with E-state index >= 15 is 0 Å². The normalized spacial score (nSPS) is 37.8. The van der Waals surface area contributed by atoms with Crippen LogP contribution < -0.4 is 5.73 Å². The molecule has 0 aromatic carbocycles. The van der Waals surface area contributed by atoms with Crippen molar-refractivity contribution in [1.29, 1.82) is 0 Å². The van der Waals surface area contributed by atoms with Gasteiger partial charge >= 0.3 is 5.97 Å². The van der Waals surface area contributed by atoms with E-state index in [1.807, 2.05) is 20.8 Å². The summed E-state index contributed by atoms with van der Waals surface area (Å²) in [6, 6.07) is 0. The molecule has 2 aliphatic rings. The van der Waals surface area contributed by atoms with Gasteiger partial charge in [0.25, 0.3) is 0 Å². The highest BCUT2D eigenvalue weighted by Crippen LogP contribution is 2.61. The zero-order valence-corrected chi connectivity index (χ0v) is 10.6. The number of hydrogen-bond acceptors (Lipinski definition) is 3. The first-order chi connectivity index (χ1) is 7.34. The van der Waals surface area contributed by atoms with Crippen LogP contribution in [-0.4, -0.2) is 18.1 Å². The molecule has 0 unspecified atom stereocenters. The number of ether oxygens (including phenoxy) is 1. The molecule has 2 fully saturated rings.